The number of fused-ring (bicyclic) bond motifs is 2. The number of aromatic nitrogens is 2. The highest BCUT2D eigenvalue weighted by atomic mass is 35.5. The molecule has 0 fully saturated rings. The Balaban J connectivity index is 1.42. The summed E-state index contributed by atoms with van der Waals surface area (Å²) in [5.74, 6) is 0.802. The first-order chi connectivity index (χ1) is 17.0. The van der Waals surface area contributed by atoms with Gasteiger partial charge in [0, 0.05) is 0 Å². The molecular formula is C28H19ClFN3O2. The highest BCUT2D eigenvalue weighted by Crippen LogP contribution is 2.38. The number of rotatable bonds is 6. The van der Waals surface area contributed by atoms with Crippen molar-refractivity contribution < 1.29 is 13.9 Å². The Morgan fingerprint density at radius 1 is 1.09 bits per heavy atom. The Labute approximate surface area is 206 Å². The second-order valence-electron chi connectivity index (χ2n) is 7.92. The minimum absolute atomic E-state index is 0.268. The van der Waals surface area contributed by atoms with Crippen LogP contribution in [0.4, 0.5) is 4.39 Å². The molecule has 0 aliphatic rings. The molecule has 172 valence electrons. The predicted molar refractivity (Wildman–Crippen MR) is 136 cm³/mol. The molecule has 0 radical (unpaired) electrons. The van der Waals surface area contributed by atoms with Crippen LogP contribution < -0.4 is 9.47 Å². The molecule has 5 aromatic rings. The maximum atomic E-state index is 13.5. The summed E-state index contributed by atoms with van der Waals surface area (Å²) in [6.07, 6.45) is 1.63. The Morgan fingerprint density at radius 2 is 1.91 bits per heavy atom. The zero-order chi connectivity index (χ0) is 24.4. The zero-order valence-corrected chi connectivity index (χ0v) is 19.4. The summed E-state index contributed by atoms with van der Waals surface area (Å²) in [7, 11) is 1.53. The lowest BCUT2D eigenvalue weighted by Gasteiger charge is -2.14. The van der Waals surface area contributed by atoms with Crippen molar-refractivity contribution in [2.45, 2.75) is 6.61 Å². The Kier molecular flexibility index (Phi) is 6.09. The van der Waals surface area contributed by atoms with Gasteiger partial charge in [0.15, 0.2) is 11.5 Å². The molecule has 0 aliphatic heterocycles. The molecule has 1 aromatic heterocycles. The van der Waals surface area contributed by atoms with Crippen LogP contribution in [0.3, 0.4) is 0 Å². The average molecular weight is 484 g/mol. The van der Waals surface area contributed by atoms with Crippen molar-refractivity contribution in [1.82, 2.24) is 9.97 Å². The van der Waals surface area contributed by atoms with Gasteiger partial charge >= 0.3 is 0 Å². The Bertz CT molecular complexity index is 1640. The fourth-order valence-electron chi connectivity index (χ4n) is 3.88. The van der Waals surface area contributed by atoms with E-state index in [9.17, 15) is 9.65 Å². The molecule has 1 N–H and O–H groups in total. The van der Waals surface area contributed by atoms with E-state index in [0.29, 0.717) is 45.5 Å². The monoisotopic (exact) mass is 483 g/mol. The molecule has 35 heavy (non-hydrogen) atoms. The number of ether oxygens (including phenoxy) is 2. The van der Waals surface area contributed by atoms with Gasteiger partial charge in [-0.05, 0) is 64.4 Å². The quantitative estimate of drug-likeness (QED) is 0.260. The summed E-state index contributed by atoms with van der Waals surface area (Å²) in [4.78, 5) is 7.37. The minimum Gasteiger partial charge on any atom is -0.493 e. The van der Waals surface area contributed by atoms with Crippen molar-refractivity contribution >= 4 is 45.1 Å². The van der Waals surface area contributed by atoms with Crippen molar-refractivity contribution in [2.24, 2.45) is 0 Å². The molecule has 0 amide bonds. The number of methoxy groups -OCH3 is 1. The van der Waals surface area contributed by atoms with E-state index in [4.69, 9.17) is 21.1 Å². The molecule has 1 heterocycles. The second kappa shape index (κ2) is 9.49. The SMILES string of the molecule is COc1cc(/C=C(/C#N)c2nc3ccc(F)cc3[nH]2)cc(Cl)c1OCc1ccc2ccccc2c1. The predicted octanol–water partition coefficient (Wildman–Crippen LogP) is 7.16. The van der Waals surface area contributed by atoms with Crippen LogP contribution in [-0.4, -0.2) is 17.1 Å². The lowest BCUT2D eigenvalue weighted by molar-refractivity contribution is 0.285. The van der Waals surface area contributed by atoms with Gasteiger partial charge in [-0.25, -0.2) is 9.37 Å². The summed E-state index contributed by atoms with van der Waals surface area (Å²) >= 11 is 6.55. The topological polar surface area (TPSA) is 70.9 Å². The molecule has 0 unspecified atom stereocenters. The summed E-state index contributed by atoms with van der Waals surface area (Å²) in [5, 5.41) is 12.4. The molecule has 5 nitrogen and oxygen atoms in total. The highest BCUT2D eigenvalue weighted by molar-refractivity contribution is 6.32. The van der Waals surface area contributed by atoms with Gasteiger partial charge in [-0.3, -0.25) is 0 Å². The Morgan fingerprint density at radius 3 is 2.71 bits per heavy atom. The maximum Gasteiger partial charge on any atom is 0.180 e. The van der Waals surface area contributed by atoms with Gasteiger partial charge in [0.1, 0.15) is 24.3 Å². The summed E-state index contributed by atoms with van der Waals surface area (Å²) in [6.45, 7) is 0.315. The fraction of sp³-hybridized carbons (Fsp3) is 0.0714. The van der Waals surface area contributed by atoms with E-state index in [2.05, 4.69) is 40.3 Å². The van der Waals surface area contributed by atoms with Crippen LogP contribution in [0.1, 0.15) is 17.0 Å². The first-order valence-corrected chi connectivity index (χ1v) is 11.2. The third-order valence-corrected chi connectivity index (χ3v) is 5.86. The number of hydrogen-bond acceptors (Lipinski definition) is 4. The van der Waals surface area contributed by atoms with Crippen molar-refractivity contribution in [3.8, 4) is 17.6 Å². The Hall–Kier alpha value is -4.34. The van der Waals surface area contributed by atoms with E-state index < -0.39 is 0 Å². The van der Waals surface area contributed by atoms with Crippen molar-refractivity contribution in [1.29, 1.82) is 5.26 Å². The van der Waals surface area contributed by atoms with E-state index >= 15 is 0 Å². The number of hydrogen-bond donors (Lipinski definition) is 1. The number of nitriles is 1. The van der Waals surface area contributed by atoms with Crippen LogP contribution in [0.2, 0.25) is 5.02 Å². The number of nitrogens with one attached hydrogen (secondary N) is 1. The lowest BCUT2D eigenvalue weighted by atomic mass is 10.1. The molecule has 0 bridgehead atoms. The van der Waals surface area contributed by atoms with Crippen LogP contribution in [0, 0.1) is 17.1 Å². The van der Waals surface area contributed by atoms with Gasteiger partial charge in [-0.1, -0.05) is 48.0 Å². The third-order valence-electron chi connectivity index (χ3n) is 5.58. The number of benzene rings is 4. The van der Waals surface area contributed by atoms with E-state index in [1.807, 2.05) is 18.2 Å². The zero-order valence-electron chi connectivity index (χ0n) is 18.7. The molecule has 0 atom stereocenters. The van der Waals surface area contributed by atoms with Crippen molar-refractivity contribution in [3.63, 3.8) is 0 Å². The van der Waals surface area contributed by atoms with Gasteiger partial charge < -0.3 is 14.5 Å². The van der Waals surface area contributed by atoms with Gasteiger partial charge in [-0.2, -0.15) is 5.26 Å². The van der Waals surface area contributed by atoms with Gasteiger partial charge in [-0.15, -0.1) is 0 Å². The lowest BCUT2D eigenvalue weighted by Crippen LogP contribution is -1.99. The van der Waals surface area contributed by atoms with E-state index in [-0.39, 0.29) is 11.4 Å². The van der Waals surface area contributed by atoms with Gasteiger partial charge in [0.2, 0.25) is 0 Å². The molecule has 0 saturated carbocycles. The molecule has 7 heteroatoms. The molecule has 0 spiro atoms. The molecule has 0 saturated heterocycles. The van der Waals surface area contributed by atoms with Gasteiger partial charge in [0.25, 0.3) is 0 Å². The van der Waals surface area contributed by atoms with Crippen LogP contribution in [0.5, 0.6) is 11.5 Å². The smallest absolute Gasteiger partial charge is 0.180 e. The van der Waals surface area contributed by atoms with E-state index in [1.165, 1.54) is 19.2 Å². The van der Waals surface area contributed by atoms with Crippen molar-refractivity contribution in [2.75, 3.05) is 7.11 Å². The molecule has 0 aliphatic carbocycles. The minimum atomic E-state index is -0.383. The summed E-state index contributed by atoms with van der Waals surface area (Å²) < 4.78 is 25.1. The standard InChI is InChI=1S/C28H19ClFN3O2/c1-34-26-13-18(11-21(15-31)28-32-24-9-8-22(30)14-25(24)33-28)12-23(29)27(26)35-16-17-6-7-19-4-2-3-5-20(19)10-17/h2-14H,16H2,1H3,(H,32,33)/b21-11-. The number of H-pyrrole nitrogens is 1. The molecule has 5 rings (SSSR count). The number of halogens is 2. The normalized spacial score (nSPS) is 11.5. The van der Waals surface area contributed by atoms with Crippen LogP contribution in [-0.2, 0) is 6.61 Å². The first kappa shape index (κ1) is 22.5. The first-order valence-electron chi connectivity index (χ1n) is 10.8. The second-order valence-corrected chi connectivity index (χ2v) is 8.33. The van der Waals surface area contributed by atoms with E-state index in [1.54, 1.807) is 24.3 Å². The van der Waals surface area contributed by atoms with Gasteiger partial charge in [0.05, 0.1) is 28.7 Å². The van der Waals surface area contributed by atoms with Crippen molar-refractivity contribution in [3.05, 3.63) is 101 Å². The number of imidazole rings is 1. The number of aromatic amines is 1. The summed E-state index contributed by atoms with van der Waals surface area (Å²) in [5.41, 5.74) is 2.97. The summed E-state index contributed by atoms with van der Waals surface area (Å²) in [6, 6.07) is 24.0. The number of nitrogens with zero attached hydrogens (tertiary/aromatic N) is 2. The number of allylic oxidation sites excluding steroid dienone is 1. The molecule has 4 aromatic carbocycles. The molecular weight excluding hydrogens is 465 g/mol. The third kappa shape index (κ3) is 4.68. The average Bonchev–Trinajstić information content (AvgIpc) is 3.29. The van der Waals surface area contributed by atoms with E-state index in [0.717, 1.165) is 16.3 Å². The van der Waals surface area contributed by atoms with Crippen LogP contribution in [0.25, 0.3) is 33.5 Å². The van der Waals surface area contributed by atoms with Crippen LogP contribution in [0.15, 0.2) is 72.8 Å². The van der Waals surface area contributed by atoms with Crippen LogP contribution >= 0.6 is 11.6 Å². The highest BCUT2D eigenvalue weighted by Gasteiger charge is 2.14. The fourth-order valence-corrected chi connectivity index (χ4v) is 4.15. The maximum absolute atomic E-state index is 13.5. The largest absolute Gasteiger partial charge is 0.493 e.